The first kappa shape index (κ1) is 17.8. The minimum Gasteiger partial charge on any atom is -0.352 e. The van der Waals surface area contributed by atoms with Crippen molar-refractivity contribution in [3.05, 3.63) is 30.1 Å². The molecule has 26 heavy (non-hydrogen) atoms. The highest BCUT2D eigenvalue weighted by Gasteiger charge is 2.42. The molecule has 1 heterocycles. The van der Waals surface area contributed by atoms with Crippen molar-refractivity contribution in [3.63, 3.8) is 0 Å². The largest absolute Gasteiger partial charge is 0.352 e. The van der Waals surface area contributed by atoms with E-state index in [0.717, 1.165) is 33.6 Å². The van der Waals surface area contributed by atoms with Crippen LogP contribution < -0.4 is 5.32 Å². The predicted molar refractivity (Wildman–Crippen MR) is 106 cm³/mol. The van der Waals surface area contributed by atoms with Crippen LogP contribution in [-0.4, -0.2) is 27.2 Å². The maximum Gasteiger partial charge on any atom is 0.233 e. The van der Waals surface area contributed by atoms with Crippen LogP contribution in [0.4, 0.5) is 0 Å². The van der Waals surface area contributed by atoms with Crippen LogP contribution in [0.25, 0.3) is 10.9 Å². The van der Waals surface area contributed by atoms with Crippen molar-refractivity contribution in [2.24, 2.45) is 17.8 Å². The molecular formula is C21H27N3OS. The van der Waals surface area contributed by atoms with Crippen molar-refractivity contribution < 1.29 is 4.79 Å². The summed E-state index contributed by atoms with van der Waals surface area (Å²) in [6.07, 6.45) is 5.42. The van der Waals surface area contributed by atoms with E-state index in [0.29, 0.717) is 5.92 Å². The number of nitrogens with one attached hydrogen (secondary N) is 1. The summed E-state index contributed by atoms with van der Waals surface area (Å²) in [6, 6.07) is 8.27. The van der Waals surface area contributed by atoms with Crippen LogP contribution in [0.5, 0.6) is 0 Å². The Morgan fingerprint density at radius 2 is 2.00 bits per heavy atom. The van der Waals surface area contributed by atoms with Gasteiger partial charge in [-0.3, -0.25) is 4.79 Å². The Kier molecular flexibility index (Phi) is 4.91. The lowest BCUT2D eigenvalue weighted by Crippen LogP contribution is -2.43. The summed E-state index contributed by atoms with van der Waals surface area (Å²) in [7, 11) is 0. The molecule has 1 aromatic carbocycles. The maximum atomic E-state index is 12.8. The van der Waals surface area contributed by atoms with E-state index in [1.165, 1.54) is 37.4 Å². The number of aryl methyl sites for hydroxylation is 1. The van der Waals surface area contributed by atoms with Gasteiger partial charge in [-0.15, -0.1) is 0 Å². The van der Waals surface area contributed by atoms with Gasteiger partial charge in [-0.1, -0.05) is 36.4 Å². The maximum absolute atomic E-state index is 12.8. The van der Waals surface area contributed by atoms with Gasteiger partial charge < -0.3 is 5.32 Å². The molecule has 2 saturated carbocycles. The first-order valence-electron chi connectivity index (χ1n) is 9.71. The van der Waals surface area contributed by atoms with E-state index >= 15 is 0 Å². The van der Waals surface area contributed by atoms with Crippen molar-refractivity contribution in [3.8, 4) is 0 Å². The Morgan fingerprint density at radius 3 is 2.73 bits per heavy atom. The second-order valence-electron chi connectivity index (χ2n) is 7.99. The number of thioether (sulfide) groups is 1. The molecule has 2 fully saturated rings. The summed E-state index contributed by atoms with van der Waals surface area (Å²) in [5.41, 5.74) is 0.936. The van der Waals surface area contributed by atoms with E-state index in [1.54, 1.807) is 0 Å². The van der Waals surface area contributed by atoms with Crippen LogP contribution in [-0.2, 0) is 4.79 Å². The molecule has 0 saturated heterocycles. The summed E-state index contributed by atoms with van der Waals surface area (Å²) in [6.45, 7) is 6.06. The lowest BCUT2D eigenvalue weighted by Gasteiger charge is -2.29. The number of carbonyl (C=O) groups is 1. The number of benzene rings is 1. The second-order valence-corrected chi connectivity index (χ2v) is 9.32. The van der Waals surface area contributed by atoms with E-state index < -0.39 is 0 Å². The van der Waals surface area contributed by atoms with Crippen LogP contribution in [0.2, 0.25) is 0 Å². The van der Waals surface area contributed by atoms with Gasteiger partial charge in [0.05, 0.1) is 10.8 Å². The lowest BCUT2D eigenvalue weighted by molar-refractivity contribution is -0.121. The van der Waals surface area contributed by atoms with E-state index in [-0.39, 0.29) is 17.2 Å². The van der Waals surface area contributed by atoms with Crippen LogP contribution in [0.3, 0.4) is 0 Å². The number of aromatic nitrogens is 2. The van der Waals surface area contributed by atoms with E-state index in [4.69, 9.17) is 0 Å². The molecule has 2 aliphatic carbocycles. The highest BCUT2D eigenvalue weighted by atomic mass is 32.2. The van der Waals surface area contributed by atoms with Crippen LogP contribution >= 0.6 is 11.8 Å². The summed E-state index contributed by atoms with van der Waals surface area (Å²) in [5, 5.41) is 5.02. The molecule has 5 atom stereocenters. The van der Waals surface area contributed by atoms with Crippen molar-refractivity contribution in [1.29, 1.82) is 0 Å². The quantitative estimate of drug-likeness (QED) is 0.628. The fraction of sp³-hybridized carbons (Fsp3) is 0.571. The third-order valence-corrected chi connectivity index (χ3v) is 7.24. The fourth-order valence-electron chi connectivity index (χ4n) is 4.82. The SMILES string of the molecule is Cc1nc(SC(C)C(=O)NC(C)C2CC3CCC2C3)c2ccccc2n1. The summed E-state index contributed by atoms with van der Waals surface area (Å²) in [4.78, 5) is 21.8. The average molecular weight is 370 g/mol. The number of hydrogen-bond donors (Lipinski definition) is 1. The molecule has 0 spiro atoms. The molecule has 2 aliphatic rings. The van der Waals surface area contributed by atoms with Gasteiger partial charge in [-0.25, -0.2) is 9.97 Å². The summed E-state index contributed by atoms with van der Waals surface area (Å²) in [5.74, 6) is 3.26. The minimum absolute atomic E-state index is 0.116. The Bertz CT molecular complexity index is 824. The number of rotatable bonds is 5. The van der Waals surface area contributed by atoms with E-state index in [2.05, 4.69) is 22.2 Å². The highest BCUT2D eigenvalue weighted by molar-refractivity contribution is 8.00. The standard InChI is InChI=1S/C21H27N3OS/c1-12(18-11-15-8-9-16(18)10-15)22-20(25)13(2)26-21-17-6-4-5-7-19(17)23-14(3)24-21/h4-7,12-13,15-16,18H,8-11H2,1-3H3,(H,22,25). The van der Waals surface area contributed by atoms with Crippen molar-refractivity contribution in [1.82, 2.24) is 15.3 Å². The zero-order chi connectivity index (χ0) is 18.3. The molecule has 138 valence electrons. The third-order valence-electron chi connectivity index (χ3n) is 6.14. The van der Waals surface area contributed by atoms with Crippen molar-refractivity contribution >= 4 is 28.6 Å². The monoisotopic (exact) mass is 369 g/mol. The molecule has 2 aromatic rings. The number of fused-ring (bicyclic) bond motifs is 3. The smallest absolute Gasteiger partial charge is 0.233 e. The summed E-state index contributed by atoms with van der Waals surface area (Å²) < 4.78 is 0. The third kappa shape index (κ3) is 3.46. The second kappa shape index (κ2) is 7.18. The molecule has 0 radical (unpaired) electrons. The van der Waals surface area contributed by atoms with E-state index in [1.807, 2.05) is 38.1 Å². The normalized spacial score (nSPS) is 26.8. The minimum atomic E-state index is -0.172. The molecule has 4 nitrogen and oxygen atoms in total. The lowest BCUT2D eigenvalue weighted by atomic mass is 9.84. The van der Waals surface area contributed by atoms with Crippen LogP contribution in [0, 0.1) is 24.7 Å². The van der Waals surface area contributed by atoms with Crippen LogP contribution in [0.1, 0.15) is 45.4 Å². The molecule has 1 aromatic heterocycles. The predicted octanol–water partition coefficient (Wildman–Crippen LogP) is 4.36. The number of carbonyl (C=O) groups excluding carboxylic acids is 1. The number of hydrogen-bond acceptors (Lipinski definition) is 4. The van der Waals surface area contributed by atoms with Gasteiger partial charge in [-0.05, 0) is 63.9 Å². The average Bonchev–Trinajstić information content (AvgIpc) is 3.24. The molecule has 1 amide bonds. The molecule has 5 heteroatoms. The van der Waals surface area contributed by atoms with Gasteiger partial charge in [0.2, 0.25) is 5.91 Å². The van der Waals surface area contributed by atoms with Gasteiger partial charge in [-0.2, -0.15) is 0 Å². The van der Waals surface area contributed by atoms with Crippen molar-refractivity contribution in [2.75, 3.05) is 0 Å². The first-order valence-corrected chi connectivity index (χ1v) is 10.6. The summed E-state index contributed by atoms with van der Waals surface area (Å²) >= 11 is 1.53. The van der Waals surface area contributed by atoms with Gasteiger partial charge >= 0.3 is 0 Å². The van der Waals surface area contributed by atoms with Gasteiger partial charge in [0.25, 0.3) is 0 Å². The first-order chi connectivity index (χ1) is 12.5. The Hall–Kier alpha value is -1.62. The van der Waals surface area contributed by atoms with Crippen molar-refractivity contribution in [2.45, 2.75) is 62.8 Å². The van der Waals surface area contributed by atoms with Crippen LogP contribution in [0.15, 0.2) is 29.3 Å². The number of para-hydroxylation sites is 1. The molecule has 2 bridgehead atoms. The molecule has 5 unspecified atom stereocenters. The molecule has 0 aliphatic heterocycles. The Labute approximate surface area is 159 Å². The Balaban J connectivity index is 1.43. The fourth-order valence-corrected chi connectivity index (χ4v) is 5.82. The zero-order valence-corrected chi connectivity index (χ0v) is 16.6. The molecule has 1 N–H and O–H groups in total. The number of amides is 1. The highest BCUT2D eigenvalue weighted by Crippen LogP contribution is 2.49. The van der Waals surface area contributed by atoms with Gasteiger partial charge in [0.1, 0.15) is 10.9 Å². The zero-order valence-electron chi connectivity index (χ0n) is 15.7. The molecular weight excluding hydrogens is 342 g/mol. The van der Waals surface area contributed by atoms with Gasteiger partial charge in [0, 0.05) is 11.4 Å². The molecule has 4 rings (SSSR count). The topological polar surface area (TPSA) is 54.9 Å². The van der Waals surface area contributed by atoms with Gasteiger partial charge in [0.15, 0.2) is 0 Å². The van der Waals surface area contributed by atoms with E-state index in [9.17, 15) is 4.79 Å². The number of nitrogens with zero attached hydrogens (tertiary/aromatic N) is 2. The Morgan fingerprint density at radius 1 is 1.19 bits per heavy atom.